The molecule has 3 N–H and O–H groups in total. The number of nitrogens with one attached hydrogen (secondary N) is 2. The molecule has 2 aromatic rings. The van der Waals surface area contributed by atoms with Gasteiger partial charge in [0, 0.05) is 23.4 Å². The van der Waals surface area contributed by atoms with E-state index < -0.39 is 23.4 Å². The first kappa shape index (κ1) is 23.4. The lowest BCUT2D eigenvalue weighted by atomic mass is 9.57. The normalized spacial score (nSPS) is 25.3. The number of hydrogen-bond acceptors (Lipinski definition) is 4. The van der Waals surface area contributed by atoms with Crippen molar-refractivity contribution < 1.29 is 24.2 Å². The quantitative estimate of drug-likeness (QED) is 0.547. The zero-order valence-electron chi connectivity index (χ0n) is 20.0. The maximum absolute atomic E-state index is 12.9. The van der Waals surface area contributed by atoms with E-state index in [1.54, 1.807) is 6.92 Å². The fourth-order valence-electron chi connectivity index (χ4n) is 6.09. The molecular weight excluding hydrogens is 444 g/mol. The number of fused-ring (bicyclic) bond motifs is 6. The molecule has 2 bridgehead atoms. The van der Waals surface area contributed by atoms with Gasteiger partial charge in [0.2, 0.25) is 5.91 Å². The number of carbonyl (C=O) groups excluding carboxylic acids is 2. The smallest absolute Gasteiger partial charge is 0.407 e. The van der Waals surface area contributed by atoms with Gasteiger partial charge in [0.05, 0.1) is 5.92 Å². The van der Waals surface area contributed by atoms with E-state index in [0.717, 1.165) is 19.3 Å². The maximum atomic E-state index is 12.9. The van der Waals surface area contributed by atoms with Crippen LogP contribution in [0.3, 0.4) is 0 Å². The molecule has 7 heteroatoms. The van der Waals surface area contributed by atoms with Crippen LogP contribution in [-0.2, 0) is 14.3 Å². The van der Waals surface area contributed by atoms with E-state index in [1.165, 1.54) is 22.3 Å². The molecule has 4 aliphatic rings. The van der Waals surface area contributed by atoms with E-state index in [4.69, 9.17) is 9.84 Å². The molecule has 0 aromatic heterocycles. The van der Waals surface area contributed by atoms with Crippen molar-refractivity contribution in [3.63, 3.8) is 0 Å². The van der Waals surface area contributed by atoms with Gasteiger partial charge in [-0.3, -0.25) is 9.59 Å². The van der Waals surface area contributed by atoms with Crippen LogP contribution in [0.4, 0.5) is 4.79 Å². The third-order valence-corrected chi connectivity index (χ3v) is 8.43. The van der Waals surface area contributed by atoms with Gasteiger partial charge in [0.15, 0.2) is 0 Å². The van der Waals surface area contributed by atoms with Crippen LogP contribution in [0.5, 0.6) is 0 Å². The molecule has 0 radical (unpaired) electrons. The number of carbonyl (C=O) groups is 3. The summed E-state index contributed by atoms with van der Waals surface area (Å²) in [5.41, 5.74) is 3.97. The van der Waals surface area contributed by atoms with Gasteiger partial charge < -0.3 is 20.5 Å². The Morgan fingerprint density at radius 1 is 0.943 bits per heavy atom. The van der Waals surface area contributed by atoms with Crippen LogP contribution in [-0.4, -0.2) is 41.8 Å². The van der Waals surface area contributed by atoms with Crippen molar-refractivity contribution in [2.75, 3.05) is 13.2 Å². The topological polar surface area (TPSA) is 105 Å². The van der Waals surface area contributed by atoms with E-state index in [-0.39, 0.29) is 30.5 Å². The Balaban J connectivity index is 1.17. The van der Waals surface area contributed by atoms with Crippen LogP contribution < -0.4 is 10.6 Å². The van der Waals surface area contributed by atoms with E-state index >= 15 is 0 Å². The van der Waals surface area contributed by atoms with Crippen molar-refractivity contribution in [1.29, 1.82) is 0 Å². The highest BCUT2D eigenvalue weighted by Gasteiger charge is 2.53. The Kier molecular flexibility index (Phi) is 6.03. The highest BCUT2D eigenvalue weighted by molar-refractivity contribution is 5.84. The van der Waals surface area contributed by atoms with E-state index in [2.05, 4.69) is 34.9 Å². The lowest BCUT2D eigenvalue weighted by molar-refractivity contribution is -0.142. The Hall–Kier alpha value is -3.35. The average Bonchev–Trinajstić information content (AvgIpc) is 3.20. The fourth-order valence-corrected chi connectivity index (χ4v) is 6.09. The van der Waals surface area contributed by atoms with Crippen molar-refractivity contribution in [3.05, 3.63) is 59.7 Å². The van der Waals surface area contributed by atoms with Crippen molar-refractivity contribution in [1.82, 2.24) is 10.6 Å². The predicted molar refractivity (Wildman–Crippen MR) is 131 cm³/mol. The van der Waals surface area contributed by atoms with Crippen molar-refractivity contribution >= 4 is 18.0 Å². The molecule has 1 atom stereocenters. The van der Waals surface area contributed by atoms with Crippen LogP contribution >= 0.6 is 0 Å². The molecule has 6 rings (SSSR count). The molecule has 0 saturated heterocycles. The molecule has 4 aliphatic carbocycles. The van der Waals surface area contributed by atoms with Gasteiger partial charge in [0.25, 0.3) is 0 Å². The lowest BCUT2D eigenvalue weighted by Gasteiger charge is -2.52. The van der Waals surface area contributed by atoms with Crippen LogP contribution in [0.25, 0.3) is 11.1 Å². The lowest BCUT2D eigenvalue weighted by Crippen LogP contribution is -2.60. The Morgan fingerprint density at radius 3 is 2.03 bits per heavy atom. The number of amides is 2. The molecule has 1 unspecified atom stereocenters. The molecule has 2 amide bonds. The van der Waals surface area contributed by atoms with Crippen molar-refractivity contribution in [3.8, 4) is 11.1 Å². The number of ether oxygens (including phenoxy) is 1. The minimum atomic E-state index is -0.915. The summed E-state index contributed by atoms with van der Waals surface area (Å²) in [6, 6.07) is 16.5. The first-order chi connectivity index (χ1) is 16.8. The summed E-state index contributed by atoms with van der Waals surface area (Å²) in [5.74, 6) is -1.56. The monoisotopic (exact) mass is 476 g/mol. The number of aliphatic carboxylic acids is 1. The number of rotatable bonds is 7. The van der Waals surface area contributed by atoms with E-state index in [9.17, 15) is 14.4 Å². The van der Waals surface area contributed by atoms with Crippen LogP contribution in [0.2, 0.25) is 0 Å². The second-order valence-electron chi connectivity index (χ2n) is 10.5. The molecule has 7 nitrogen and oxygen atoms in total. The van der Waals surface area contributed by atoms with Crippen molar-refractivity contribution in [2.24, 2.45) is 11.3 Å². The molecule has 184 valence electrons. The Bertz CT molecular complexity index is 1090. The molecule has 0 heterocycles. The molecule has 3 fully saturated rings. The zero-order chi connectivity index (χ0) is 24.6. The van der Waals surface area contributed by atoms with Gasteiger partial charge in [-0.15, -0.1) is 0 Å². The van der Waals surface area contributed by atoms with Crippen LogP contribution in [0.1, 0.15) is 62.5 Å². The van der Waals surface area contributed by atoms with Crippen LogP contribution in [0.15, 0.2) is 48.5 Å². The Labute approximate surface area is 205 Å². The number of carboxylic acid groups (broad SMARTS) is 1. The first-order valence-corrected chi connectivity index (χ1v) is 12.5. The minimum Gasteiger partial charge on any atom is -0.481 e. The molecule has 0 aliphatic heterocycles. The second kappa shape index (κ2) is 9.02. The number of benzene rings is 2. The predicted octanol–water partition coefficient (Wildman–Crippen LogP) is 4.46. The molecule has 3 saturated carbocycles. The molecule has 0 spiro atoms. The van der Waals surface area contributed by atoms with Crippen molar-refractivity contribution in [2.45, 2.75) is 56.9 Å². The largest absolute Gasteiger partial charge is 0.481 e. The first-order valence-electron chi connectivity index (χ1n) is 12.5. The number of hydrogen-bond donors (Lipinski definition) is 3. The minimum absolute atomic E-state index is 0.0212. The van der Waals surface area contributed by atoms with Gasteiger partial charge in [-0.05, 0) is 60.8 Å². The van der Waals surface area contributed by atoms with Gasteiger partial charge in [-0.1, -0.05) is 55.5 Å². The summed E-state index contributed by atoms with van der Waals surface area (Å²) in [6.45, 7) is 2.01. The fraction of sp³-hybridized carbons (Fsp3) is 0.464. The average molecular weight is 477 g/mol. The molecular formula is C28H32N2O5. The van der Waals surface area contributed by atoms with E-state index in [1.807, 2.05) is 24.3 Å². The van der Waals surface area contributed by atoms with E-state index in [0.29, 0.717) is 19.3 Å². The highest BCUT2D eigenvalue weighted by atomic mass is 16.5. The van der Waals surface area contributed by atoms with Crippen LogP contribution in [0, 0.1) is 11.3 Å². The summed E-state index contributed by atoms with van der Waals surface area (Å²) in [6.07, 6.45) is 3.82. The second-order valence-corrected chi connectivity index (χ2v) is 10.5. The zero-order valence-corrected chi connectivity index (χ0v) is 20.0. The summed E-state index contributed by atoms with van der Waals surface area (Å²) in [4.78, 5) is 36.8. The third-order valence-electron chi connectivity index (χ3n) is 8.43. The highest BCUT2D eigenvalue weighted by Crippen LogP contribution is 2.52. The van der Waals surface area contributed by atoms with Gasteiger partial charge in [-0.2, -0.15) is 0 Å². The van der Waals surface area contributed by atoms with Gasteiger partial charge in [-0.25, -0.2) is 4.79 Å². The summed E-state index contributed by atoms with van der Waals surface area (Å²) < 4.78 is 5.76. The summed E-state index contributed by atoms with van der Waals surface area (Å²) in [7, 11) is 0. The number of alkyl carbamates (subject to hydrolysis) is 1. The summed E-state index contributed by atoms with van der Waals surface area (Å²) >= 11 is 0. The third kappa shape index (κ3) is 4.28. The summed E-state index contributed by atoms with van der Waals surface area (Å²) in [5, 5.41) is 15.0. The number of carboxylic acids is 1. The maximum Gasteiger partial charge on any atom is 0.407 e. The van der Waals surface area contributed by atoms with Gasteiger partial charge >= 0.3 is 12.1 Å². The Morgan fingerprint density at radius 2 is 1.49 bits per heavy atom. The molecule has 35 heavy (non-hydrogen) atoms. The SMILES string of the molecule is CC(CNC(=O)C12CCC(NC(=O)OCC3c4ccccc4-c4ccccc43)(CC1)CC2)C(=O)O. The molecule has 2 aromatic carbocycles. The van der Waals surface area contributed by atoms with Gasteiger partial charge in [0.1, 0.15) is 6.61 Å². The standard InChI is InChI=1S/C28H32N2O5/c1-18(24(31)32)16-29-25(33)27-10-13-28(14-11-27,15-12-27)30-26(34)35-17-23-21-8-4-2-6-19(21)20-7-3-5-9-22(20)23/h2-9,18,23H,10-17H2,1H3,(H,29,33)(H,30,34)(H,31,32).